The molecule has 8 nitrogen and oxygen atoms in total. The second-order valence-corrected chi connectivity index (χ2v) is 5.85. The molecule has 0 spiro atoms. The van der Waals surface area contributed by atoms with Gasteiger partial charge in [-0.05, 0) is 35.8 Å². The van der Waals surface area contributed by atoms with Gasteiger partial charge in [-0.3, -0.25) is 4.90 Å². The Morgan fingerprint density at radius 1 is 1.35 bits per heavy atom. The van der Waals surface area contributed by atoms with Crippen LogP contribution in [0.3, 0.4) is 0 Å². The zero-order valence-electron chi connectivity index (χ0n) is 12.3. The Kier molecular flexibility index (Phi) is 3.01. The Bertz CT molecular complexity index is 760. The first kappa shape index (κ1) is 13.7. The van der Waals surface area contributed by atoms with E-state index in [9.17, 15) is 10.1 Å². The number of carbonyl (C=O) groups is 1. The molecule has 1 atom stereocenters. The molecule has 2 heterocycles. The first-order chi connectivity index (χ1) is 11.2. The van der Waals surface area contributed by atoms with Gasteiger partial charge in [0.25, 0.3) is 0 Å². The fourth-order valence-corrected chi connectivity index (χ4v) is 2.83. The van der Waals surface area contributed by atoms with E-state index in [1.807, 2.05) is 24.3 Å². The largest absolute Gasteiger partial charge is 0.442 e. The SMILES string of the molecule is N#CC1(c2ccc(N3CC(Cn4ncnn4)OC3=O)cc2)CC1. The van der Waals surface area contributed by atoms with E-state index in [0.29, 0.717) is 13.1 Å². The average Bonchev–Trinajstić information content (AvgIpc) is 3.05. The van der Waals surface area contributed by atoms with Crippen molar-refractivity contribution in [3.63, 3.8) is 0 Å². The fourth-order valence-electron chi connectivity index (χ4n) is 2.83. The third-order valence-electron chi connectivity index (χ3n) is 4.33. The highest BCUT2D eigenvalue weighted by atomic mass is 16.6. The number of hydrogen-bond donors (Lipinski definition) is 0. The van der Waals surface area contributed by atoms with Crippen LogP contribution in [0.4, 0.5) is 10.5 Å². The smallest absolute Gasteiger partial charge is 0.414 e. The highest BCUT2D eigenvalue weighted by molar-refractivity contribution is 5.89. The van der Waals surface area contributed by atoms with Crippen LogP contribution in [0.25, 0.3) is 0 Å². The second-order valence-electron chi connectivity index (χ2n) is 5.85. The van der Waals surface area contributed by atoms with E-state index in [-0.39, 0.29) is 17.6 Å². The van der Waals surface area contributed by atoms with E-state index >= 15 is 0 Å². The van der Waals surface area contributed by atoms with Gasteiger partial charge in [0.2, 0.25) is 0 Å². The average molecular weight is 310 g/mol. The van der Waals surface area contributed by atoms with Crippen molar-refractivity contribution in [1.29, 1.82) is 5.26 Å². The van der Waals surface area contributed by atoms with Gasteiger partial charge < -0.3 is 4.74 Å². The summed E-state index contributed by atoms with van der Waals surface area (Å²) in [5.74, 6) is 0. The number of benzene rings is 1. The number of aromatic nitrogens is 4. The molecule has 1 amide bonds. The van der Waals surface area contributed by atoms with Gasteiger partial charge in [0.15, 0.2) is 6.33 Å². The number of cyclic esters (lactones) is 1. The van der Waals surface area contributed by atoms with Crippen molar-refractivity contribution in [2.45, 2.75) is 30.9 Å². The molecule has 2 aliphatic rings. The molecule has 116 valence electrons. The van der Waals surface area contributed by atoms with Crippen LogP contribution in [0.2, 0.25) is 0 Å². The summed E-state index contributed by atoms with van der Waals surface area (Å²) in [7, 11) is 0. The number of carbonyl (C=O) groups excluding carboxylic acids is 1. The summed E-state index contributed by atoms with van der Waals surface area (Å²) >= 11 is 0. The molecule has 1 aromatic heterocycles. The number of anilines is 1. The number of ether oxygens (including phenoxy) is 1. The van der Waals surface area contributed by atoms with Crippen molar-refractivity contribution in [2.75, 3.05) is 11.4 Å². The summed E-state index contributed by atoms with van der Waals surface area (Å²) in [4.78, 5) is 15.0. The van der Waals surface area contributed by atoms with Crippen molar-refractivity contribution in [1.82, 2.24) is 20.2 Å². The minimum Gasteiger partial charge on any atom is -0.442 e. The van der Waals surface area contributed by atoms with Gasteiger partial charge in [-0.15, -0.1) is 10.2 Å². The molecule has 4 rings (SSSR count). The van der Waals surface area contributed by atoms with E-state index in [2.05, 4.69) is 21.5 Å². The van der Waals surface area contributed by atoms with Crippen molar-refractivity contribution >= 4 is 11.8 Å². The molecule has 0 N–H and O–H groups in total. The predicted octanol–water partition coefficient (Wildman–Crippen LogP) is 1.25. The number of hydrogen-bond acceptors (Lipinski definition) is 6. The molecule has 23 heavy (non-hydrogen) atoms. The van der Waals surface area contributed by atoms with Gasteiger partial charge in [-0.2, -0.15) is 10.1 Å². The highest BCUT2D eigenvalue weighted by Gasteiger charge is 2.45. The minimum atomic E-state index is -0.385. The molecule has 0 bridgehead atoms. The maximum absolute atomic E-state index is 12.0. The van der Waals surface area contributed by atoms with Crippen LogP contribution in [0.1, 0.15) is 18.4 Å². The third-order valence-corrected chi connectivity index (χ3v) is 4.33. The van der Waals surface area contributed by atoms with E-state index < -0.39 is 0 Å². The Hall–Kier alpha value is -2.95. The van der Waals surface area contributed by atoms with Crippen LogP contribution in [0.5, 0.6) is 0 Å². The zero-order valence-corrected chi connectivity index (χ0v) is 12.3. The molecule has 1 aliphatic heterocycles. The Morgan fingerprint density at radius 2 is 2.13 bits per heavy atom. The summed E-state index contributed by atoms with van der Waals surface area (Å²) in [6.45, 7) is 0.807. The van der Waals surface area contributed by atoms with Gasteiger partial charge in [0, 0.05) is 5.69 Å². The van der Waals surface area contributed by atoms with Crippen LogP contribution in [-0.4, -0.2) is 38.9 Å². The fraction of sp³-hybridized carbons (Fsp3) is 0.400. The first-order valence-electron chi connectivity index (χ1n) is 7.41. The summed E-state index contributed by atoms with van der Waals surface area (Å²) < 4.78 is 5.34. The van der Waals surface area contributed by atoms with Crippen LogP contribution >= 0.6 is 0 Å². The molecule has 1 aliphatic carbocycles. The topological polar surface area (TPSA) is 96.9 Å². The first-order valence-corrected chi connectivity index (χ1v) is 7.41. The molecule has 0 radical (unpaired) electrons. The van der Waals surface area contributed by atoms with Crippen LogP contribution in [0.15, 0.2) is 30.6 Å². The Balaban J connectivity index is 1.48. The maximum Gasteiger partial charge on any atom is 0.414 e. The summed E-state index contributed by atoms with van der Waals surface area (Å²) in [5.41, 5.74) is 1.46. The van der Waals surface area contributed by atoms with Gasteiger partial charge in [0.1, 0.15) is 12.6 Å². The van der Waals surface area contributed by atoms with Crippen molar-refractivity contribution in [3.05, 3.63) is 36.2 Å². The maximum atomic E-state index is 12.0. The lowest BCUT2D eigenvalue weighted by Crippen LogP contribution is -2.26. The second kappa shape index (κ2) is 5.05. The highest BCUT2D eigenvalue weighted by Crippen LogP contribution is 2.47. The molecule has 8 heteroatoms. The minimum absolute atomic E-state index is 0.314. The van der Waals surface area contributed by atoms with Crippen molar-refractivity contribution in [2.24, 2.45) is 0 Å². The number of rotatable bonds is 4. The standard InChI is InChI=1S/C15H14N6O2/c16-9-15(5-6-15)11-1-3-12(4-2-11)20-7-13(23-14(20)22)8-21-18-10-17-19-21/h1-4,10,13H,5-8H2. The van der Waals surface area contributed by atoms with E-state index in [1.54, 1.807) is 4.90 Å². The number of amides is 1. The van der Waals surface area contributed by atoms with Crippen molar-refractivity contribution < 1.29 is 9.53 Å². The monoisotopic (exact) mass is 310 g/mol. The summed E-state index contributed by atoms with van der Waals surface area (Å²) in [6, 6.07) is 9.94. The molecular weight excluding hydrogens is 296 g/mol. The molecule has 2 aromatic rings. The van der Waals surface area contributed by atoms with Crippen LogP contribution < -0.4 is 4.90 Å². The molecule has 1 aromatic carbocycles. The zero-order chi connectivity index (χ0) is 15.9. The molecule has 2 fully saturated rings. The van der Waals surface area contributed by atoms with Gasteiger partial charge >= 0.3 is 6.09 Å². The Labute approximate surface area is 132 Å². The lowest BCUT2D eigenvalue weighted by molar-refractivity contribution is 0.126. The van der Waals surface area contributed by atoms with Crippen LogP contribution in [-0.2, 0) is 16.7 Å². The lowest BCUT2D eigenvalue weighted by Gasteiger charge is -2.14. The van der Waals surface area contributed by atoms with Crippen molar-refractivity contribution in [3.8, 4) is 6.07 Å². The van der Waals surface area contributed by atoms with Gasteiger partial charge in [-0.25, -0.2) is 4.79 Å². The quantitative estimate of drug-likeness (QED) is 0.843. The lowest BCUT2D eigenvalue weighted by atomic mass is 9.97. The molecule has 1 unspecified atom stereocenters. The predicted molar refractivity (Wildman–Crippen MR) is 78.4 cm³/mol. The summed E-state index contributed by atoms with van der Waals surface area (Å²) in [6.07, 6.45) is 2.45. The molecule has 1 saturated carbocycles. The van der Waals surface area contributed by atoms with E-state index in [4.69, 9.17) is 4.74 Å². The molecular formula is C15H14N6O2. The third kappa shape index (κ3) is 2.40. The number of tetrazole rings is 1. The van der Waals surface area contributed by atoms with Gasteiger partial charge in [0.05, 0.1) is 18.0 Å². The number of nitriles is 1. The van der Waals surface area contributed by atoms with Gasteiger partial charge in [-0.1, -0.05) is 12.1 Å². The van der Waals surface area contributed by atoms with Crippen LogP contribution in [0, 0.1) is 11.3 Å². The number of nitrogens with zero attached hydrogens (tertiary/aromatic N) is 6. The summed E-state index contributed by atoms with van der Waals surface area (Å²) in [5, 5.41) is 20.5. The Morgan fingerprint density at radius 3 is 2.74 bits per heavy atom. The van der Waals surface area contributed by atoms with E-state index in [1.165, 1.54) is 11.1 Å². The molecule has 1 saturated heterocycles. The normalized spacial score (nSPS) is 21.8. The van der Waals surface area contributed by atoms with E-state index in [0.717, 1.165) is 24.1 Å².